The summed E-state index contributed by atoms with van der Waals surface area (Å²) in [6.45, 7) is 3.10. The summed E-state index contributed by atoms with van der Waals surface area (Å²) in [5, 5.41) is 0. The van der Waals surface area contributed by atoms with Crippen LogP contribution in [0.2, 0.25) is 0 Å². The molecule has 0 N–H and O–H groups in total. The zero-order chi connectivity index (χ0) is 6.53. The van der Waals surface area contributed by atoms with Crippen LogP contribution in [-0.2, 0) is 4.79 Å². The fourth-order valence-electron chi connectivity index (χ4n) is 1.13. The minimum absolute atomic E-state index is 0.795. The number of hydrogen-bond donors (Lipinski definition) is 0. The molecule has 0 bridgehead atoms. The third-order valence-corrected chi connectivity index (χ3v) is 1.63. The van der Waals surface area contributed by atoms with E-state index in [9.17, 15) is 4.79 Å². The smallest absolute Gasteiger partial charge is 0.121 e. The van der Waals surface area contributed by atoms with Crippen molar-refractivity contribution in [1.29, 1.82) is 0 Å². The predicted octanol–water partition coefficient (Wildman–Crippen LogP) is 0.470. The van der Waals surface area contributed by atoms with Crippen LogP contribution in [0.4, 0.5) is 0 Å². The molecule has 0 aromatic rings. The average molecular weight is 125 g/mol. The number of hydrogen-bond acceptors (Lipinski definition) is 2. The summed E-state index contributed by atoms with van der Waals surface area (Å²) >= 11 is 0. The molecule has 0 unspecified atom stereocenters. The average Bonchev–Trinajstić information content (AvgIpc) is 2.34. The molecule has 1 saturated heterocycles. The van der Waals surface area contributed by atoms with Crippen molar-refractivity contribution in [3.05, 3.63) is 6.08 Å². The molecule has 1 aliphatic heterocycles. The van der Waals surface area contributed by atoms with Crippen molar-refractivity contribution in [2.24, 2.45) is 0 Å². The lowest BCUT2D eigenvalue weighted by Crippen LogP contribution is -2.18. The van der Waals surface area contributed by atoms with Crippen molar-refractivity contribution in [3.63, 3.8) is 0 Å². The predicted molar refractivity (Wildman–Crippen MR) is 35.9 cm³/mol. The largest absolute Gasteiger partial charge is 0.299 e. The molecule has 0 aromatic heterocycles. The van der Waals surface area contributed by atoms with Crippen LogP contribution in [0.5, 0.6) is 0 Å². The Morgan fingerprint density at radius 2 is 2.11 bits per heavy atom. The SMILES string of the molecule is O=C=CCN1CCCC1. The van der Waals surface area contributed by atoms with Gasteiger partial charge in [0.05, 0.1) is 0 Å². The second-order valence-corrected chi connectivity index (χ2v) is 2.33. The Morgan fingerprint density at radius 1 is 1.44 bits per heavy atom. The highest BCUT2D eigenvalue weighted by Gasteiger charge is 2.08. The highest BCUT2D eigenvalue weighted by Crippen LogP contribution is 2.05. The van der Waals surface area contributed by atoms with E-state index in [1.165, 1.54) is 12.8 Å². The molecule has 9 heavy (non-hydrogen) atoms. The zero-order valence-corrected chi connectivity index (χ0v) is 5.47. The van der Waals surface area contributed by atoms with Crippen molar-refractivity contribution in [2.45, 2.75) is 12.8 Å². The lowest BCUT2D eigenvalue weighted by Gasteiger charge is -2.08. The zero-order valence-electron chi connectivity index (χ0n) is 5.47. The van der Waals surface area contributed by atoms with E-state index in [2.05, 4.69) is 4.90 Å². The Kier molecular flexibility index (Phi) is 2.49. The van der Waals surface area contributed by atoms with Gasteiger partial charge in [-0.15, -0.1) is 0 Å². The molecule has 2 heteroatoms. The van der Waals surface area contributed by atoms with E-state index >= 15 is 0 Å². The molecule has 1 aliphatic rings. The van der Waals surface area contributed by atoms with Crippen LogP contribution in [0.3, 0.4) is 0 Å². The van der Waals surface area contributed by atoms with Crippen LogP contribution in [0, 0.1) is 0 Å². The first-order valence-corrected chi connectivity index (χ1v) is 3.35. The van der Waals surface area contributed by atoms with E-state index < -0.39 is 0 Å². The Morgan fingerprint density at radius 3 is 2.67 bits per heavy atom. The summed E-state index contributed by atoms with van der Waals surface area (Å²) in [6.07, 6.45) is 4.12. The summed E-state index contributed by atoms with van der Waals surface area (Å²) < 4.78 is 0. The molecule has 0 spiro atoms. The highest BCUT2D eigenvalue weighted by molar-refractivity contribution is 5.45. The van der Waals surface area contributed by atoms with E-state index in [1.54, 1.807) is 12.0 Å². The second kappa shape index (κ2) is 3.44. The van der Waals surface area contributed by atoms with Gasteiger partial charge < -0.3 is 0 Å². The molecule has 0 aromatic carbocycles. The molecule has 1 rings (SSSR count). The molecule has 0 aliphatic carbocycles. The lowest BCUT2D eigenvalue weighted by atomic mass is 10.4. The van der Waals surface area contributed by atoms with Crippen LogP contribution >= 0.6 is 0 Å². The summed E-state index contributed by atoms with van der Waals surface area (Å²) in [7, 11) is 0. The van der Waals surface area contributed by atoms with E-state index in [0.717, 1.165) is 19.6 Å². The third kappa shape index (κ3) is 2.00. The summed E-state index contributed by atoms with van der Waals surface area (Å²) in [5.41, 5.74) is 0. The van der Waals surface area contributed by atoms with Crippen LogP contribution in [-0.4, -0.2) is 30.5 Å². The molecule has 1 heterocycles. The quantitative estimate of drug-likeness (QED) is 0.500. The summed E-state index contributed by atoms with van der Waals surface area (Å²) in [5.74, 6) is 1.78. The molecule has 50 valence electrons. The number of carbonyl (C=O) groups excluding carboxylic acids is 1. The van der Waals surface area contributed by atoms with Gasteiger partial charge in [-0.05, 0) is 25.9 Å². The van der Waals surface area contributed by atoms with Gasteiger partial charge in [0, 0.05) is 12.6 Å². The molecule has 0 saturated carbocycles. The van der Waals surface area contributed by atoms with Crippen LogP contribution < -0.4 is 0 Å². The normalized spacial score (nSPS) is 19.6. The molecule has 0 radical (unpaired) electrons. The van der Waals surface area contributed by atoms with Gasteiger partial charge in [0.2, 0.25) is 0 Å². The Balaban J connectivity index is 2.18. The first-order valence-electron chi connectivity index (χ1n) is 3.35. The first-order chi connectivity index (χ1) is 4.43. The maximum absolute atomic E-state index is 9.75. The van der Waals surface area contributed by atoms with E-state index in [1.807, 2.05) is 0 Å². The fourth-order valence-corrected chi connectivity index (χ4v) is 1.13. The Labute approximate surface area is 55.2 Å². The van der Waals surface area contributed by atoms with Gasteiger partial charge in [0.25, 0.3) is 0 Å². The molecule has 2 nitrogen and oxygen atoms in total. The van der Waals surface area contributed by atoms with Crippen LogP contribution in [0.15, 0.2) is 6.08 Å². The monoisotopic (exact) mass is 125 g/mol. The van der Waals surface area contributed by atoms with Gasteiger partial charge >= 0.3 is 0 Å². The highest BCUT2D eigenvalue weighted by atomic mass is 16.1. The minimum Gasteiger partial charge on any atom is -0.299 e. The van der Waals surface area contributed by atoms with Gasteiger partial charge in [0.1, 0.15) is 5.94 Å². The van der Waals surface area contributed by atoms with Crippen molar-refractivity contribution in [2.75, 3.05) is 19.6 Å². The number of nitrogens with zero attached hydrogens (tertiary/aromatic N) is 1. The maximum Gasteiger partial charge on any atom is 0.121 e. The second-order valence-electron chi connectivity index (χ2n) is 2.33. The molecule has 0 atom stereocenters. The molecule has 0 amide bonds. The number of rotatable bonds is 2. The van der Waals surface area contributed by atoms with Crippen molar-refractivity contribution >= 4 is 5.94 Å². The summed E-state index contributed by atoms with van der Waals surface area (Å²) in [6, 6.07) is 0. The Hall–Kier alpha value is -0.590. The Bertz CT molecular complexity index is 121. The van der Waals surface area contributed by atoms with Crippen molar-refractivity contribution < 1.29 is 4.79 Å². The van der Waals surface area contributed by atoms with Crippen molar-refractivity contribution in [3.8, 4) is 0 Å². The molecular formula is C7H11NO. The van der Waals surface area contributed by atoms with E-state index in [4.69, 9.17) is 0 Å². The van der Waals surface area contributed by atoms with Gasteiger partial charge in [-0.3, -0.25) is 4.90 Å². The van der Waals surface area contributed by atoms with E-state index in [0.29, 0.717) is 0 Å². The first kappa shape index (κ1) is 6.53. The van der Waals surface area contributed by atoms with Crippen LogP contribution in [0.1, 0.15) is 12.8 Å². The molecular weight excluding hydrogens is 114 g/mol. The third-order valence-electron chi connectivity index (χ3n) is 1.63. The molecule has 1 fully saturated rings. The number of likely N-dealkylation sites (tertiary alicyclic amines) is 1. The topological polar surface area (TPSA) is 20.3 Å². The van der Waals surface area contributed by atoms with Gasteiger partial charge in [0.15, 0.2) is 0 Å². The maximum atomic E-state index is 9.75. The van der Waals surface area contributed by atoms with E-state index in [-0.39, 0.29) is 0 Å². The van der Waals surface area contributed by atoms with Gasteiger partial charge in [-0.1, -0.05) is 0 Å². The fraction of sp³-hybridized carbons (Fsp3) is 0.714. The van der Waals surface area contributed by atoms with Gasteiger partial charge in [-0.25, -0.2) is 4.79 Å². The summed E-state index contributed by atoms with van der Waals surface area (Å²) in [4.78, 5) is 12.0. The van der Waals surface area contributed by atoms with Crippen LogP contribution in [0.25, 0.3) is 0 Å². The lowest BCUT2D eigenvalue weighted by molar-refractivity contribution is 0.377. The standard InChI is InChI=1S/C7H11NO/c9-7-3-6-8-4-1-2-5-8/h3H,1-2,4-6H2. The van der Waals surface area contributed by atoms with Crippen molar-refractivity contribution in [1.82, 2.24) is 4.90 Å². The van der Waals surface area contributed by atoms with Gasteiger partial charge in [-0.2, -0.15) is 0 Å². The minimum atomic E-state index is 0.795.